The van der Waals surface area contributed by atoms with Crippen molar-refractivity contribution in [1.29, 1.82) is 0 Å². The number of allylic oxidation sites excluding steroid dienone is 5. The van der Waals surface area contributed by atoms with Crippen molar-refractivity contribution in [2.45, 2.75) is 84.0 Å². The molecule has 0 unspecified atom stereocenters. The van der Waals surface area contributed by atoms with E-state index in [1.54, 1.807) is 24.5 Å². The van der Waals surface area contributed by atoms with Gasteiger partial charge >= 0.3 is 0 Å². The van der Waals surface area contributed by atoms with E-state index < -0.39 is 4.92 Å². The summed E-state index contributed by atoms with van der Waals surface area (Å²) in [7, 11) is 0. The van der Waals surface area contributed by atoms with E-state index in [0.717, 1.165) is 19.3 Å². The molecular weight excluding hydrogens is 348 g/mol. The first-order chi connectivity index (χ1) is 13.0. The van der Waals surface area contributed by atoms with Gasteiger partial charge in [-0.1, -0.05) is 51.2 Å². The highest BCUT2D eigenvalue weighted by Gasteiger charge is 2.09. The molecule has 0 saturated heterocycles. The lowest BCUT2D eigenvalue weighted by atomic mass is 10.1. The zero-order valence-corrected chi connectivity index (χ0v) is 16.2. The number of nitro groups is 2. The Bertz CT molecular complexity index is 538. The number of hydrogen-bond donors (Lipinski definition) is 0. The van der Waals surface area contributed by atoms with Crippen LogP contribution in [0.2, 0.25) is 0 Å². The number of hydrogen-bond acceptors (Lipinski definition) is 5. The molecule has 7 nitrogen and oxygen atoms in total. The lowest BCUT2D eigenvalue weighted by Gasteiger charge is -2.00. The molecular formula is C20H31N2O5. The summed E-state index contributed by atoms with van der Waals surface area (Å²) in [5.74, 6) is 0. The highest BCUT2D eigenvalue weighted by atomic mass is 16.6. The van der Waals surface area contributed by atoms with Crippen LogP contribution in [0.25, 0.3) is 0 Å². The van der Waals surface area contributed by atoms with Gasteiger partial charge < -0.3 is 0 Å². The molecule has 0 aliphatic heterocycles. The Kier molecular flexibility index (Phi) is 15.7. The van der Waals surface area contributed by atoms with Crippen LogP contribution in [0.4, 0.5) is 0 Å². The molecule has 1 radical (unpaired) electrons. The highest BCUT2D eigenvalue weighted by Crippen LogP contribution is 2.13. The molecule has 0 aliphatic rings. The minimum atomic E-state index is -0.439. The molecule has 0 atom stereocenters. The Hall–Kier alpha value is -2.31. The fourth-order valence-corrected chi connectivity index (χ4v) is 2.53. The molecule has 0 bridgehead atoms. The normalized spacial score (nSPS) is 12.5. The SMILES string of the molecule is CCCCCCCC/C(=C/C/C=C/C/C(=C/CCC[C]=O)[N+](=O)[O-])[N+](=O)[O-]. The van der Waals surface area contributed by atoms with E-state index in [2.05, 4.69) is 6.92 Å². The number of carbonyl (C=O) groups excluding carboxylic acids is 1. The van der Waals surface area contributed by atoms with E-state index in [-0.39, 0.29) is 29.2 Å². The van der Waals surface area contributed by atoms with Gasteiger partial charge in [-0.25, -0.2) is 0 Å². The summed E-state index contributed by atoms with van der Waals surface area (Å²) in [6.07, 6.45) is 17.0. The second-order valence-corrected chi connectivity index (χ2v) is 6.37. The number of rotatable bonds is 17. The van der Waals surface area contributed by atoms with Crippen molar-refractivity contribution in [1.82, 2.24) is 0 Å². The Morgan fingerprint density at radius 1 is 0.889 bits per heavy atom. The zero-order chi connectivity index (χ0) is 20.3. The third-order valence-corrected chi connectivity index (χ3v) is 4.10. The van der Waals surface area contributed by atoms with Crippen molar-refractivity contribution in [3.8, 4) is 0 Å². The van der Waals surface area contributed by atoms with Gasteiger partial charge in [-0.05, 0) is 37.8 Å². The van der Waals surface area contributed by atoms with Gasteiger partial charge in [-0.15, -0.1) is 0 Å². The largest absolute Gasteiger partial charge is 0.291 e. The summed E-state index contributed by atoms with van der Waals surface area (Å²) in [6, 6.07) is 0. The molecule has 0 aromatic rings. The minimum absolute atomic E-state index is 0.0720. The van der Waals surface area contributed by atoms with Crippen LogP contribution in [0.3, 0.4) is 0 Å². The molecule has 0 aromatic heterocycles. The second kappa shape index (κ2) is 17.1. The van der Waals surface area contributed by atoms with Crippen molar-refractivity contribution in [3.63, 3.8) is 0 Å². The Morgan fingerprint density at radius 2 is 1.56 bits per heavy atom. The monoisotopic (exact) mass is 379 g/mol. The van der Waals surface area contributed by atoms with E-state index >= 15 is 0 Å². The van der Waals surface area contributed by atoms with E-state index in [4.69, 9.17) is 0 Å². The summed E-state index contributed by atoms with van der Waals surface area (Å²) in [5.41, 5.74) is 0.285. The Balaban J connectivity index is 4.34. The van der Waals surface area contributed by atoms with Crippen LogP contribution in [0.15, 0.2) is 35.7 Å². The maximum absolute atomic E-state index is 11.1. The van der Waals surface area contributed by atoms with Crippen LogP contribution in [0.1, 0.15) is 84.0 Å². The molecule has 0 amide bonds. The van der Waals surface area contributed by atoms with Gasteiger partial charge in [0.2, 0.25) is 11.4 Å². The Labute approximate surface area is 161 Å². The van der Waals surface area contributed by atoms with Crippen molar-refractivity contribution in [3.05, 3.63) is 55.9 Å². The van der Waals surface area contributed by atoms with Crippen molar-refractivity contribution in [2.75, 3.05) is 0 Å². The van der Waals surface area contributed by atoms with Crippen molar-refractivity contribution >= 4 is 6.29 Å². The lowest BCUT2D eigenvalue weighted by Crippen LogP contribution is -1.99. The molecule has 0 aliphatic carbocycles. The van der Waals surface area contributed by atoms with Crippen LogP contribution in [-0.2, 0) is 4.79 Å². The standard InChI is InChI=1S/C20H31N2O5/c1-2-3-4-5-6-9-14-19(21(24)25)15-10-7-11-16-20(22(26)27)17-12-8-13-18-23/h7,11,15,17H,2-6,8-10,12-14,16H2,1H3/b11-7+,19-15-,20-17-. The molecule has 151 valence electrons. The second-order valence-electron chi connectivity index (χ2n) is 6.37. The van der Waals surface area contributed by atoms with E-state index in [9.17, 15) is 25.0 Å². The molecule has 27 heavy (non-hydrogen) atoms. The maximum Gasteiger partial charge on any atom is 0.246 e. The summed E-state index contributed by atoms with van der Waals surface area (Å²) in [6.45, 7) is 2.15. The predicted octanol–water partition coefficient (Wildman–Crippen LogP) is 5.67. The average Bonchev–Trinajstić information content (AvgIpc) is 2.63. The van der Waals surface area contributed by atoms with E-state index in [1.165, 1.54) is 25.3 Å². The average molecular weight is 379 g/mol. The summed E-state index contributed by atoms with van der Waals surface area (Å²) >= 11 is 0. The Morgan fingerprint density at radius 3 is 2.19 bits per heavy atom. The molecule has 0 saturated carbocycles. The van der Waals surface area contributed by atoms with Crippen LogP contribution >= 0.6 is 0 Å². The smallest absolute Gasteiger partial charge is 0.246 e. The minimum Gasteiger partial charge on any atom is -0.291 e. The van der Waals surface area contributed by atoms with Gasteiger partial charge in [0.25, 0.3) is 0 Å². The van der Waals surface area contributed by atoms with Gasteiger partial charge in [0, 0.05) is 12.8 Å². The maximum atomic E-state index is 11.1. The van der Waals surface area contributed by atoms with Crippen molar-refractivity contribution in [2.24, 2.45) is 0 Å². The molecule has 0 fully saturated rings. The van der Waals surface area contributed by atoms with Crippen LogP contribution in [-0.4, -0.2) is 16.1 Å². The first-order valence-corrected chi connectivity index (χ1v) is 9.69. The molecule has 0 rings (SSSR count). The molecule has 7 heteroatoms. The van der Waals surface area contributed by atoms with Gasteiger partial charge in [0.15, 0.2) is 6.29 Å². The van der Waals surface area contributed by atoms with E-state index in [1.807, 2.05) is 0 Å². The molecule has 0 N–H and O–H groups in total. The first kappa shape index (κ1) is 24.7. The number of unbranched alkanes of at least 4 members (excludes halogenated alkanes) is 7. The van der Waals surface area contributed by atoms with Crippen LogP contribution in [0.5, 0.6) is 0 Å². The highest BCUT2D eigenvalue weighted by molar-refractivity contribution is 5.50. The molecule has 0 spiro atoms. The fourth-order valence-electron chi connectivity index (χ4n) is 2.53. The topological polar surface area (TPSA) is 103 Å². The third-order valence-electron chi connectivity index (χ3n) is 4.10. The van der Waals surface area contributed by atoms with E-state index in [0.29, 0.717) is 25.7 Å². The van der Waals surface area contributed by atoms with Gasteiger partial charge in [-0.3, -0.25) is 25.0 Å². The van der Waals surface area contributed by atoms with Gasteiger partial charge in [-0.2, -0.15) is 0 Å². The van der Waals surface area contributed by atoms with Gasteiger partial charge in [0.05, 0.1) is 16.3 Å². The first-order valence-electron chi connectivity index (χ1n) is 9.69. The molecule has 0 aromatic carbocycles. The quantitative estimate of drug-likeness (QED) is 0.140. The summed E-state index contributed by atoms with van der Waals surface area (Å²) in [4.78, 5) is 31.4. The van der Waals surface area contributed by atoms with Crippen molar-refractivity contribution < 1.29 is 14.6 Å². The zero-order valence-electron chi connectivity index (χ0n) is 16.2. The predicted molar refractivity (Wildman–Crippen MR) is 106 cm³/mol. The molecule has 0 heterocycles. The van der Waals surface area contributed by atoms with Crippen LogP contribution < -0.4 is 0 Å². The van der Waals surface area contributed by atoms with Crippen LogP contribution in [0, 0.1) is 20.2 Å². The lowest BCUT2D eigenvalue weighted by molar-refractivity contribution is -0.428. The summed E-state index contributed by atoms with van der Waals surface area (Å²) < 4.78 is 0. The number of nitrogens with zero attached hydrogens (tertiary/aromatic N) is 2. The third kappa shape index (κ3) is 14.5. The summed E-state index contributed by atoms with van der Waals surface area (Å²) in [5, 5.41) is 22.0. The van der Waals surface area contributed by atoms with Gasteiger partial charge in [0.1, 0.15) is 0 Å². The fraction of sp³-hybridized carbons (Fsp3) is 0.650.